The zero-order chi connectivity index (χ0) is 23.3. The summed E-state index contributed by atoms with van der Waals surface area (Å²) in [5, 5.41) is 7.01. The molecule has 6 nitrogen and oxygen atoms in total. The van der Waals surface area contributed by atoms with Gasteiger partial charge in [-0.2, -0.15) is 31.4 Å². The lowest BCUT2D eigenvalue weighted by molar-refractivity contribution is -0.150. The first-order valence-electron chi connectivity index (χ1n) is 10.2. The molecular formula is C20H21F6N5O. The van der Waals surface area contributed by atoms with Gasteiger partial charge in [-0.05, 0) is 50.8 Å². The average molecular weight is 461 g/mol. The van der Waals surface area contributed by atoms with Gasteiger partial charge in [-0.1, -0.05) is 0 Å². The molecule has 1 N–H and O–H groups in total. The van der Waals surface area contributed by atoms with Crippen LogP contribution in [0.1, 0.15) is 54.5 Å². The molecule has 0 radical (unpaired) electrons. The van der Waals surface area contributed by atoms with Crippen molar-refractivity contribution in [2.75, 3.05) is 11.4 Å². The molecule has 3 heterocycles. The number of pyridine rings is 1. The van der Waals surface area contributed by atoms with E-state index in [2.05, 4.69) is 15.4 Å². The SMILES string of the molecule is CCn1nccc1C(=O)NC1CCC2(CC1)CN2c1cc(C(F)(F)F)nc(C(F)(F)F)c1. The number of nitrogens with zero attached hydrogens (tertiary/aromatic N) is 4. The van der Waals surface area contributed by atoms with Crippen molar-refractivity contribution in [2.24, 2.45) is 0 Å². The molecule has 12 heteroatoms. The molecule has 32 heavy (non-hydrogen) atoms. The van der Waals surface area contributed by atoms with Crippen LogP contribution in [0.25, 0.3) is 0 Å². The molecule has 1 aliphatic heterocycles. The summed E-state index contributed by atoms with van der Waals surface area (Å²) < 4.78 is 80.2. The zero-order valence-electron chi connectivity index (χ0n) is 17.1. The zero-order valence-corrected chi connectivity index (χ0v) is 17.1. The molecule has 1 saturated heterocycles. The first kappa shape index (κ1) is 22.4. The molecule has 0 unspecified atom stereocenters. The predicted molar refractivity (Wildman–Crippen MR) is 102 cm³/mol. The van der Waals surface area contributed by atoms with Crippen LogP contribution in [0.5, 0.6) is 0 Å². The molecule has 1 amide bonds. The largest absolute Gasteiger partial charge is 0.433 e. The lowest BCUT2D eigenvalue weighted by atomic mass is 9.85. The smallest absolute Gasteiger partial charge is 0.362 e. The van der Waals surface area contributed by atoms with Crippen LogP contribution in [0.15, 0.2) is 24.4 Å². The summed E-state index contributed by atoms with van der Waals surface area (Å²) >= 11 is 0. The normalized spacial score (nSPS) is 23.5. The fourth-order valence-corrected chi connectivity index (χ4v) is 4.35. The second-order valence-corrected chi connectivity index (χ2v) is 8.18. The van der Waals surface area contributed by atoms with E-state index in [1.165, 1.54) is 6.20 Å². The summed E-state index contributed by atoms with van der Waals surface area (Å²) in [6.45, 7) is 2.78. The molecule has 4 rings (SSSR count). The summed E-state index contributed by atoms with van der Waals surface area (Å²) in [6.07, 6.45) is -6.17. The van der Waals surface area contributed by atoms with E-state index in [1.807, 2.05) is 6.92 Å². The number of hydrogen-bond donors (Lipinski definition) is 1. The summed E-state index contributed by atoms with van der Waals surface area (Å²) in [6, 6.07) is 2.84. The molecule has 2 fully saturated rings. The van der Waals surface area contributed by atoms with Crippen molar-refractivity contribution in [3.8, 4) is 0 Å². The third-order valence-electron chi connectivity index (χ3n) is 6.12. The number of hydrogen-bond acceptors (Lipinski definition) is 4. The Morgan fingerprint density at radius 1 is 1.12 bits per heavy atom. The Bertz CT molecular complexity index is 974. The predicted octanol–water partition coefficient (Wildman–Crippen LogP) is 4.27. The highest BCUT2D eigenvalue weighted by atomic mass is 19.4. The van der Waals surface area contributed by atoms with Gasteiger partial charge in [0.2, 0.25) is 0 Å². The van der Waals surface area contributed by atoms with Gasteiger partial charge in [0.05, 0.1) is 5.54 Å². The number of aryl methyl sites for hydroxylation is 1. The molecule has 1 spiro atoms. The van der Waals surface area contributed by atoms with Crippen molar-refractivity contribution in [1.29, 1.82) is 0 Å². The number of anilines is 1. The molecule has 0 atom stereocenters. The van der Waals surface area contributed by atoms with E-state index in [0.29, 0.717) is 56.6 Å². The quantitative estimate of drug-likeness (QED) is 0.546. The van der Waals surface area contributed by atoms with Gasteiger partial charge in [-0.15, -0.1) is 0 Å². The van der Waals surface area contributed by atoms with Gasteiger partial charge in [-0.25, -0.2) is 4.98 Å². The molecular weight excluding hydrogens is 440 g/mol. The fraction of sp³-hybridized carbons (Fsp3) is 0.550. The van der Waals surface area contributed by atoms with Crippen LogP contribution >= 0.6 is 0 Å². The molecule has 2 aliphatic rings. The monoisotopic (exact) mass is 461 g/mol. The molecule has 1 aliphatic carbocycles. The van der Waals surface area contributed by atoms with Gasteiger partial charge >= 0.3 is 12.4 Å². The van der Waals surface area contributed by atoms with Crippen molar-refractivity contribution < 1.29 is 31.1 Å². The van der Waals surface area contributed by atoms with Gasteiger partial charge in [0.15, 0.2) is 0 Å². The second-order valence-electron chi connectivity index (χ2n) is 8.18. The van der Waals surface area contributed by atoms with Gasteiger partial charge in [-0.3, -0.25) is 9.48 Å². The fourth-order valence-electron chi connectivity index (χ4n) is 4.35. The van der Waals surface area contributed by atoms with E-state index in [1.54, 1.807) is 15.6 Å². The highest BCUT2D eigenvalue weighted by molar-refractivity contribution is 5.92. The van der Waals surface area contributed by atoms with Crippen molar-refractivity contribution >= 4 is 11.6 Å². The summed E-state index contributed by atoms with van der Waals surface area (Å²) in [5.41, 5.74) is -3.29. The number of nitrogens with one attached hydrogen (secondary N) is 1. The van der Waals surface area contributed by atoms with Crippen LogP contribution < -0.4 is 10.2 Å². The van der Waals surface area contributed by atoms with Crippen molar-refractivity contribution in [2.45, 2.75) is 63.1 Å². The Labute approximate surface area is 179 Å². The van der Waals surface area contributed by atoms with Crippen molar-refractivity contribution in [3.63, 3.8) is 0 Å². The standard InChI is InChI=1S/C20H21F6N5O/c1-2-31-14(5-8-27-31)17(32)28-12-3-6-18(7-4-12)11-30(18)13-9-15(19(21,22)23)29-16(10-13)20(24,25)26/h5,8-10,12H,2-4,6-7,11H2,1H3,(H,28,32). The topological polar surface area (TPSA) is 62.8 Å². The van der Waals surface area contributed by atoms with Gasteiger partial charge < -0.3 is 10.2 Å². The third kappa shape index (κ3) is 4.26. The van der Waals surface area contributed by atoms with E-state index < -0.39 is 29.3 Å². The van der Waals surface area contributed by atoms with E-state index in [4.69, 9.17) is 0 Å². The van der Waals surface area contributed by atoms with Crippen LogP contribution in [0.2, 0.25) is 0 Å². The molecule has 2 aromatic rings. The maximum atomic E-state index is 13.1. The van der Waals surface area contributed by atoms with E-state index in [0.717, 1.165) is 0 Å². The number of carbonyl (C=O) groups excluding carboxylic acids is 1. The van der Waals surface area contributed by atoms with E-state index in [-0.39, 0.29) is 17.6 Å². The minimum Gasteiger partial charge on any atom is -0.362 e. The number of aromatic nitrogens is 3. The highest BCUT2D eigenvalue weighted by Crippen LogP contribution is 2.49. The molecule has 0 bridgehead atoms. The molecule has 174 valence electrons. The Kier molecular flexibility index (Phi) is 5.36. The molecule has 0 aromatic carbocycles. The van der Waals surface area contributed by atoms with Crippen LogP contribution in [0.4, 0.5) is 32.0 Å². The number of halogens is 6. The second kappa shape index (κ2) is 7.66. The summed E-state index contributed by atoms with van der Waals surface area (Å²) in [4.78, 5) is 16.8. The Hall–Kier alpha value is -2.79. The number of amides is 1. The Balaban J connectivity index is 1.44. The maximum Gasteiger partial charge on any atom is 0.433 e. The van der Waals surface area contributed by atoms with E-state index in [9.17, 15) is 31.1 Å². The first-order chi connectivity index (χ1) is 14.9. The minimum atomic E-state index is -4.98. The van der Waals surface area contributed by atoms with Crippen molar-refractivity contribution in [3.05, 3.63) is 41.5 Å². The van der Waals surface area contributed by atoms with Gasteiger partial charge in [0.1, 0.15) is 17.1 Å². The summed E-state index contributed by atoms with van der Waals surface area (Å²) in [7, 11) is 0. The number of alkyl halides is 6. The lowest BCUT2D eigenvalue weighted by Crippen LogP contribution is -2.41. The van der Waals surface area contributed by atoms with Crippen LogP contribution in [0, 0.1) is 0 Å². The Morgan fingerprint density at radius 2 is 1.72 bits per heavy atom. The summed E-state index contributed by atoms with van der Waals surface area (Å²) in [5.74, 6) is -0.253. The van der Waals surface area contributed by atoms with Gasteiger partial charge in [0, 0.05) is 31.0 Å². The first-order valence-corrected chi connectivity index (χ1v) is 10.2. The highest BCUT2D eigenvalue weighted by Gasteiger charge is 2.54. The molecule has 1 saturated carbocycles. The molecule has 2 aromatic heterocycles. The van der Waals surface area contributed by atoms with E-state index >= 15 is 0 Å². The van der Waals surface area contributed by atoms with Crippen molar-refractivity contribution in [1.82, 2.24) is 20.1 Å². The maximum absolute atomic E-state index is 13.1. The van der Waals surface area contributed by atoms with Crippen LogP contribution in [-0.4, -0.2) is 38.8 Å². The average Bonchev–Trinajstić information content (AvgIpc) is 3.19. The van der Waals surface area contributed by atoms with Crippen LogP contribution in [0.3, 0.4) is 0 Å². The van der Waals surface area contributed by atoms with Gasteiger partial charge in [0.25, 0.3) is 5.91 Å². The van der Waals surface area contributed by atoms with Crippen LogP contribution in [-0.2, 0) is 18.9 Å². The number of carbonyl (C=O) groups is 1. The minimum absolute atomic E-state index is 0.121. The third-order valence-corrected chi connectivity index (χ3v) is 6.12. The number of rotatable bonds is 4. The Morgan fingerprint density at radius 3 is 2.25 bits per heavy atom. The lowest BCUT2D eigenvalue weighted by Gasteiger charge is -2.30.